The molecule has 0 aliphatic heterocycles. The molecule has 10 heteroatoms. The van der Waals surface area contributed by atoms with E-state index >= 15 is 0 Å². The number of hydrazone groups is 1. The maximum Gasteiger partial charge on any atom is 0.287 e. The molecule has 0 saturated heterocycles. The quantitative estimate of drug-likeness (QED) is 0.173. The van der Waals surface area contributed by atoms with Crippen molar-refractivity contribution >= 4 is 63.5 Å². The Balaban J connectivity index is 1.59. The lowest BCUT2D eigenvalue weighted by molar-refractivity contribution is -0.385. The van der Waals surface area contributed by atoms with Crippen LogP contribution in [0, 0.1) is 13.7 Å². The Morgan fingerprint density at radius 1 is 1.21 bits per heavy atom. The Hall–Kier alpha value is -2.43. The smallest absolute Gasteiger partial charge is 0.287 e. The summed E-state index contributed by atoms with van der Waals surface area (Å²) in [7, 11) is 0. The van der Waals surface area contributed by atoms with E-state index in [0.717, 1.165) is 20.4 Å². The maximum absolute atomic E-state index is 10.6. The number of nitro groups is 1. The van der Waals surface area contributed by atoms with E-state index in [1.54, 1.807) is 18.3 Å². The van der Waals surface area contributed by atoms with Gasteiger partial charge < -0.3 is 4.74 Å². The summed E-state index contributed by atoms with van der Waals surface area (Å²) in [4.78, 5) is 14.0. The van der Waals surface area contributed by atoms with Gasteiger partial charge in [0.15, 0.2) is 0 Å². The number of anilines is 1. The molecular formula is C19H13Cl2IN4O3. The lowest BCUT2D eigenvalue weighted by Gasteiger charge is -2.10. The first-order valence-corrected chi connectivity index (χ1v) is 10.0. The van der Waals surface area contributed by atoms with Crippen molar-refractivity contribution in [3.63, 3.8) is 0 Å². The highest BCUT2D eigenvalue weighted by Crippen LogP contribution is 2.26. The minimum absolute atomic E-state index is 0.0791. The predicted octanol–water partition coefficient (Wildman–Crippen LogP) is 5.93. The van der Waals surface area contributed by atoms with Crippen LogP contribution in [-0.4, -0.2) is 16.1 Å². The highest BCUT2D eigenvalue weighted by Gasteiger charge is 2.06. The van der Waals surface area contributed by atoms with E-state index in [1.807, 2.05) is 24.3 Å². The SMILES string of the molecule is O=[N+]([O-])c1ccc(N/N=C/c2ccc(OCc3ccc(Cl)cc3Cl)c(I)c2)nc1. The molecule has 0 saturated carbocycles. The first-order valence-electron chi connectivity index (χ1n) is 8.18. The molecule has 0 bridgehead atoms. The fourth-order valence-electron chi connectivity index (χ4n) is 2.24. The van der Waals surface area contributed by atoms with Crippen molar-refractivity contribution < 1.29 is 9.66 Å². The van der Waals surface area contributed by atoms with Crippen molar-refractivity contribution in [3.05, 3.63) is 89.6 Å². The molecule has 0 aliphatic rings. The maximum atomic E-state index is 10.6. The van der Waals surface area contributed by atoms with Gasteiger partial charge in [0.2, 0.25) is 0 Å². The van der Waals surface area contributed by atoms with E-state index in [2.05, 4.69) is 38.1 Å². The Morgan fingerprint density at radius 2 is 2.03 bits per heavy atom. The van der Waals surface area contributed by atoms with Gasteiger partial charge in [-0.15, -0.1) is 0 Å². The molecule has 29 heavy (non-hydrogen) atoms. The molecule has 0 unspecified atom stereocenters. The molecule has 148 valence electrons. The molecule has 3 rings (SSSR count). The number of pyridine rings is 1. The molecule has 0 aliphatic carbocycles. The van der Waals surface area contributed by atoms with Gasteiger partial charge in [0.1, 0.15) is 24.4 Å². The number of hydrogen-bond acceptors (Lipinski definition) is 6. The molecular weight excluding hydrogens is 530 g/mol. The van der Waals surface area contributed by atoms with Gasteiger partial charge in [0.05, 0.1) is 14.7 Å². The molecule has 1 heterocycles. The third kappa shape index (κ3) is 6.02. The Kier molecular flexibility index (Phi) is 7.24. The molecule has 3 aromatic rings. The van der Waals surface area contributed by atoms with E-state index < -0.39 is 4.92 Å². The number of nitrogens with one attached hydrogen (secondary N) is 1. The highest BCUT2D eigenvalue weighted by atomic mass is 127. The average Bonchev–Trinajstić information content (AvgIpc) is 2.69. The standard InChI is InChI=1S/C19H13Cl2IN4O3/c20-14-3-2-13(16(21)8-14)11-29-18-5-1-12(7-17(18)22)9-24-25-19-6-4-15(10-23-19)26(27)28/h1-10H,11H2,(H,23,25)/b24-9+. The monoisotopic (exact) mass is 542 g/mol. The van der Waals surface area contributed by atoms with Crippen molar-refractivity contribution in [2.75, 3.05) is 5.43 Å². The normalized spacial score (nSPS) is 10.9. The molecule has 0 amide bonds. The average molecular weight is 543 g/mol. The minimum Gasteiger partial charge on any atom is -0.488 e. The number of benzene rings is 2. The van der Waals surface area contributed by atoms with Crippen LogP contribution in [0.25, 0.3) is 0 Å². The van der Waals surface area contributed by atoms with Crippen molar-refractivity contribution in [1.29, 1.82) is 0 Å². The second kappa shape index (κ2) is 9.86. The fourth-order valence-corrected chi connectivity index (χ4v) is 3.40. The van der Waals surface area contributed by atoms with Crippen LogP contribution in [-0.2, 0) is 6.61 Å². The summed E-state index contributed by atoms with van der Waals surface area (Å²) in [6.07, 6.45) is 2.78. The van der Waals surface area contributed by atoms with E-state index in [1.165, 1.54) is 18.3 Å². The zero-order valence-electron chi connectivity index (χ0n) is 14.7. The zero-order chi connectivity index (χ0) is 20.8. The highest BCUT2D eigenvalue weighted by molar-refractivity contribution is 14.1. The molecule has 0 atom stereocenters. The van der Waals surface area contributed by atoms with E-state index in [4.69, 9.17) is 27.9 Å². The molecule has 0 fully saturated rings. The summed E-state index contributed by atoms with van der Waals surface area (Å²) in [6, 6.07) is 13.7. The Bertz CT molecular complexity index is 1060. The van der Waals surface area contributed by atoms with Crippen molar-refractivity contribution in [3.8, 4) is 5.75 Å². The molecule has 0 radical (unpaired) electrons. The topological polar surface area (TPSA) is 89.7 Å². The van der Waals surface area contributed by atoms with Crippen LogP contribution in [0.3, 0.4) is 0 Å². The van der Waals surface area contributed by atoms with Crippen LogP contribution < -0.4 is 10.2 Å². The van der Waals surface area contributed by atoms with Crippen LogP contribution >= 0.6 is 45.8 Å². The van der Waals surface area contributed by atoms with Crippen LogP contribution in [0.5, 0.6) is 5.75 Å². The molecule has 1 aromatic heterocycles. The van der Waals surface area contributed by atoms with Crippen LogP contribution in [0.15, 0.2) is 59.8 Å². The second-order valence-corrected chi connectivity index (χ2v) is 7.75. The molecule has 0 spiro atoms. The zero-order valence-corrected chi connectivity index (χ0v) is 18.4. The summed E-state index contributed by atoms with van der Waals surface area (Å²) in [5, 5.41) is 15.8. The predicted molar refractivity (Wildman–Crippen MR) is 122 cm³/mol. The summed E-state index contributed by atoms with van der Waals surface area (Å²) in [6.45, 7) is 0.326. The van der Waals surface area contributed by atoms with Gasteiger partial charge in [-0.2, -0.15) is 5.10 Å². The fraction of sp³-hybridized carbons (Fsp3) is 0.0526. The van der Waals surface area contributed by atoms with E-state index in [9.17, 15) is 10.1 Å². The largest absolute Gasteiger partial charge is 0.488 e. The summed E-state index contributed by atoms with van der Waals surface area (Å²) >= 11 is 14.2. The lowest BCUT2D eigenvalue weighted by atomic mass is 10.2. The van der Waals surface area contributed by atoms with Crippen LogP contribution in [0.2, 0.25) is 10.0 Å². The third-order valence-electron chi connectivity index (χ3n) is 3.71. The van der Waals surface area contributed by atoms with Crippen molar-refractivity contribution in [2.24, 2.45) is 5.10 Å². The summed E-state index contributed by atoms with van der Waals surface area (Å²) in [5.74, 6) is 1.13. The van der Waals surface area contributed by atoms with Crippen LogP contribution in [0.1, 0.15) is 11.1 Å². The van der Waals surface area contributed by atoms with Crippen molar-refractivity contribution in [1.82, 2.24) is 4.98 Å². The number of nitrogens with zero attached hydrogens (tertiary/aromatic N) is 3. The molecule has 7 nitrogen and oxygen atoms in total. The van der Waals surface area contributed by atoms with E-state index in [0.29, 0.717) is 22.5 Å². The van der Waals surface area contributed by atoms with Gasteiger partial charge in [0, 0.05) is 21.7 Å². The number of halogens is 3. The second-order valence-electron chi connectivity index (χ2n) is 5.74. The van der Waals surface area contributed by atoms with Gasteiger partial charge in [-0.05, 0) is 64.6 Å². The molecule has 1 N–H and O–H groups in total. The summed E-state index contributed by atoms with van der Waals surface area (Å²) < 4.78 is 6.75. The number of rotatable bonds is 7. The van der Waals surface area contributed by atoms with Gasteiger partial charge in [-0.3, -0.25) is 15.5 Å². The van der Waals surface area contributed by atoms with Gasteiger partial charge in [0.25, 0.3) is 5.69 Å². The number of aromatic nitrogens is 1. The minimum atomic E-state index is -0.507. The summed E-state index contributed by atoms with van der Waals surface area (Å²) in [5.41, 5.74) is 4.34. The third-order valence-corrected chi connectivity index (χ3v) is 5.14. The first kappa shape index (κ1) is 21.3. The van der Waals surface area contributed by atoms with Crippen LogP contribution in [0.4, 0.5) is 11.5 Å². The van der Waals surface area contributed by atoms with Gasteiger partial charge >= 0.3 is 0 Å². The number of hydrogen-bond donors (Lipinski definition) is 1. The first-order chi connectivity index (χ1) is 13.9. The Labute approximate surface area is 190 Å². The van der Waals surface area contributed by atoms with Gasteiger partial charge in [-0.1, -0.05) is 29.3 Å². The van der Waals surface area contributed by atoms with Gasteiger partial charge in [-0.25, -0.2) is 4.98 Å². The van der Waals surface area contributed by atoms with E-state index in [-0.39, 0.29) is 5.69 Å². The molecule has 2 aromatic carbocycles. The van der Waals surface area contributed by atoms with Crippen molar-refractivity contribution in [2.45, 2.75) is 6.61 Å². The lowest BCUT2D eigenvalue weighted by Crippen LogP contribution is -1.99. The number of ether oxygens (including phenoxy) is 1. The Morgan fingerprint density at radius 3 is 2.69 bits per heavy atom.